The smallest absolute Gasteiger partial charge is 0.317 e. The van der Waals surface area contributed by atoms with Crippen molar-refractivity contribution in [2.24, 2.45) is 11.8 Å². The Bertz CT molecular complexity index is 261. The summed E-state index contributed by atoms with van der Waals surface area (Å²) in [6.07, 6.45) is 3.48. The lowest BCUT2D eigenvalue weighted by Crippen LogP contribution is -2.49. The van der Waals surface area contributed by atoms with Crippen LogP contribution in [0.4, 0.5) is 4.79 Å². The van der Waals surface area contributed by atoms with Crippen LogP contribution in [0.5, 0.6) is 0 Å². The van der Waals surface area contributed by atoms with Crippen LogP contribution < -0.4 is 10.6 Å². The third-order valence-electron chi connectivity index (χ3n) is 4.08. The van der Waals surface area contributed by atoms with E-state index in [1.54, 1.807) is 0 Å². The molecular formula is C13H25N3O. The van der Waals surface area contributed by atoms with Crippen molar-refractivity contribution in [1.82, 2.24) is 15.5 Å². The minimum absolute atomic E-state index is 0.143. The molecule has 0 aromatic carbocycles. The van der Waals surface area contributed by atoms with Gasteiger partial charge in [0.05, 0.1) is 0 Å². The highest BCUT2D eigenvalue weighted by atomic mass is 16.2. The fourth-order valence-corrected chi connectivity index (χ4v) is 2.78. The van der Waals surface area contributed by atoms with Gasteiger partial charge in [0.2, 0.25) is 0 Å². The van der Waals surface area contributed by atoms with Gasteiger partial charge in [-0.2, -0.15) is 0 Å². The minimum atomic E-state index is 0.143. The molecule has 1 unspecified atom stereocenters. The van der Waals surface area contributed by atoms with E-state index in [-0.39, 0.29) is 6.03 Å². The molecule has 0 bridgehead atoms. The van der Waals surface area contributed by atoms with Gasteiger partial charge < -0.3 is 15.5 Å². The molecule has 4 nitrogen and oxygen atoms in total. The summed E-state index contributed by atoms with van der Waals surface area (Å²) >= 11 is 0. The van der Waals surface area contributed by atoms with Crippen molar-refractivity contribution in [1.29, 1.82) is 0 Å². The van der Waals surface area contributed by atoms with Crippen molar-refractivity contribution >= 4 is 6.03 Å². The SMILES string of the molecule is CC(C)C1CCCN(C(=O)N[C@@H]2CCNC2)C1. The molecule has 2 aliphatic heterocycles. The Balaban J connectivity index is 1.81. The van der Waals surface area contributed by atoms with Crippen molar-refractivity contribution in [3.63, 3.8) is 0 Å². The molecule has 0 saturated carbocycles. The van der Waals surface area contributed by atoms with Crippen LogP contribution in [0.1, 0.15) is 33.1 Å². The maximum atomic E-state index is 12.1. The molecule has 0 aliphatic carbocycles. The summed E-state index contributed by atoms with van der Waals surface area (Å²) in [6.45, 7) is 8.32. The second kappa shape index (κ2) is 5.71. The predicted molar refractivity (Wildman–Crippen MR) is 68.9 cm³/mol. The lowest BCUT2D eigenvalue weighted by atomic mass is 9.88. The molecule has 0 radical (unpaired) electrons. The zero-order chi connectivity index (χ0) is 12.3. The van der Waals surface area contributed by atoms with Crippen molar-refractivity contribution < 1.29 is 4.79 Å². The molecule has 2 fully saturated rings. The summed E-state index contributed by atoms with van der Waals surface area (Å²) < 4.78 is 0. The number of hydrogen-bond donors (Lipinski definition) is 2. The van der Waals surface area contributed by atoms with Crippen molar-refractivity contribution in [3.05, 3.63) is 0 Å². The van der Waals surface area contributed by atoms with E-state index in [1.807, 2.05) is 4.90 Å². The molecule has 2 atom stereocenters. The summed E-state index contributed by atoms with van der Waals surface area (Å²) in [5, 5.41) is 6.41. The van der Waals surface area contributed by atoms with Gasteiger partial charge in [-0.1, -0.05) is 13.8 Å². The molecule has 98 valence electrons. The Morgan fingerprint density at radius 2 is 2.24 bits per heavy atom. The molecule has 2 saturated heterocycles. The van der Waals surface area contributed by atoms with Crippen LogP contribution in [0.3, 0.4) is 0 Å². The molecule has 0 spiro atoms. The molecule has 17 heavy (non-hydrogen) atoms. The molecule has 2 amide bonds. The largest absolute Gasteiger partial charge is 0.334 e. The van der Waals surface area contributed by atoms with E-state index in [9.17, 15) is 4.79 Å². The van der Waals surface area contributed by atoms with E-state index < -0.39 is 0 Å². The van der Waals surface area contributed by atoms with Crippen LogP contribution in [0.25, 0.3) is 0 Å². The number of carbonyl (C=O) groups is 1. The lowest BCUT2D eigenvalue weighted by molar-refractivity contribution is 0.147. The Morgan fingerprint density at radius 1 is 1.41 bits per heavy atom. The fourth-order valence-electron chi connectivity index (χ4n) is 2.78. The number of amides is 2. The maximum absolute atomic E-state index is 12.1. The first-order valence-corrected chi connectivity index (χ1v) is 6.93. The van der Waals surface area contributed by atoms with Gasteiger partial charge in [-0.25, -0.2) is 4.79 Å². The molecule has 2 rings (SSSR count). The van der Waals surface area contributed by atoms with Gasteiger partial charge in [-0.15, -0.1) is 0 Å². The van der Waals surface area contributed by atoms with Crippen molar-refractivity contribution in [2.45, 2.75) is 39.2 Å². The number of likely N-dealkylation sites (tertiary alicyclic amines) is 1. The van der Waals surface area contributed by atoms with Crippen molar-refractivity contribution in [2.75, 3.05) is 26.2 Å². The standard InChI is InChI=1S/C13H25N3O/c1-10(2)11-4-3-7-16(9-11)13(17)15-12-5-6-14-8-12/h10-12,14H,3-9H2,1-2H3,(H,15,17)/t11?,12-/m1/s1. The quantitative estimate of drug-likeness (QED) is 0.765. The number of hydrogen-bond acceptors (Lipinski definition) is 2. The van der Waals surface area contributed by atoms with E-state index in [4.69, 9.17) is 0 Å². The summed E-state index contributed by atoms with van der Waals surface area (Å²) in [5.74, 6) is 1.36. The zero-order valence-electron chi connectivity index (χ0n) is 11.0. The molecule has 0 aromatic rings. The van der Waals surface area contributed by atoms with Gasteiger partial charge in [-0.05, 0) is 37.6 Å². The molecule has 2 N–H and O–H groups in total. The van der Waals surface area contributed by atoms with E-state index in [1.165, 1.54) is 6.42 Å². The Kier molecular flexibility index (Phi) is 4.26. The Morgan fingerprint density at radius 3 is 2.88 bits per heavy atom. The highest BCUT2D eigenvalue weighted by molar-refractivity contribution is 5.74. The van der Waals surface area contributed by atoms with Crippen LogP contribution in [0.2, 0.25) is 0 Å². The fraction of sp³-hybridized carbons (Fsp3) is 0.923. The first kappa shape index (κ1) is 12.7. The number of urea groups is 1. The van der Waals surface area contributed by atoms with E-state index in [0.717, 1.165) is 39.0 Å². The first-order chi connectivity index (χ1) is 8.16. The first-order valence-electron chi connectivity index (χ1n) is 6.93. The van der Waals surface area contributed by atoms with Crippen LogP contribution in [0, 0.1) is 11.8 Å². The zero-order valence-corrected chi connectivity index (χ0v) is 11.0. The monoisotopic (exact) mass is 239 g/mol. The van der Waals surface area contributed by atoms with Gasteiger partial charge >= 0.3 is 6.03 Å². The van der Waals surface area contributed by atoms with E-state index in [0.29, 0.717) is 17.9 Å². The number of piperidine rings is 1. The minimum Gasteiger partial charge on any atom is -0.334 e. The second-order valence-electron chi connectivity index (χ2n) is 5.73. The van der Waals surface area contributed by atoms with E-state index in [2.05, 4.69) is 24.5 Å². The summed E-state index contributed by atoms with van der Waals surface area (Å²) in [5.41, 5.74) is 0. The highest BCUT2D eigenvalue weighted by Crippen LogP contribution is 2.23. The average Bonchev–Trinajstić information content (AvgIpc) is 2.82. The summed E-state index contributed by atoms with van der Waals surface area (Å²) in [7, 11) is 0. The third kappa shape index (κ3) is 3.35. The molecular weight excluding hydrogens is 214 g/mol. The summed E-state index contributed by atoms with van der Waals surface area (Å²) in [4.78, 5) is 14.1. The predicted octanol–water partition coefficient (Wildman–Crippen LogP) is 1.43. The van der Waals surface area contributed by atoms with Crippen LogP contribution in [0.15, 0.2) is 0 Å². The highest BCUT2D eigenvalue weighted by Gasteiger charge is 2.27. The van der Waals surface area contributed by atoms with Gasteiger partial charge in [-0.3, -0.25) is 0 Å². The Labute approximate surface area is 104 Å². The topological polar surface area (TPSA) is 44.4 Å². The molecule has 2 heterocycles. The third-order valence-corrected chi connectivity index (χ3v) is 4.08. The summed E-state index contributed by atoms with van der Waals surface area (Å²) in [6, 6.07) is 0.478. The van der Waals surface area contributed by atoms with Crippen LogP contribution in [-0.2, 0) is 0 Å². The van der Waals surface area contributed by atoms with Gasteiger partial charge in [0.25, 0.3) is 0 Å². The van der Waals surface area contributed by atoms with Crippen LogP contribution >= 0.6 is 0 Å². The molecule has 0 aromatic heterocycles. The van der Waals surface area contributed by atoms with Gasteiger partial charge in [0.1, 0.15) is 0 Å². The number of nitrogens with one attached hydrogen (secondary N) is 2. The van der Waals surface area contributed by atoms with Gasteiger partial charge in [0.15, 0.2) is 0 Å². The van der Waals surface area contributed by atoms with Gasteiger partial charge in [0, 0.05) is 25.7 Å². The maximum Gasteiger partial charge on any atom is 0.317 e. The van der Waals surface area contributed by atoms with Crippen LogP contribution in [-0.4, -0.2) is 43.2 Å². The second-order valence-corrected chi connectivity index (χ2v) is 5.73. The lowest BCUT2D eigenvalue weighted by Gasteiger charge is -2.35. The number of rotatable bonds is 2. The number of carbonyl (C=O) groups excluding carboxylic acids is 1. The normalized spacial score (nSPS) is 29.7. The van der Waals surface area contributed by atoms with E-state index >= 15 is 0 Å². The number of nitrogens with zero attached hydrogens (tertiary/aromatic N) is 1. The Hall–Kier alpha value is -0.770. The average molecular weight is 239 g/mol. The molecule has 4 heteroatoms. The van der Waals surface area contributed by atoms with Crippen molar-refractivity contribution in [3.8, 4) is 0 Å². The molecule has 2 aliphatic rings.